The largest absolute Gasteiger partial charge is 0.391 e. The molecule has 118 valence electrons. The van der Waals surface area contributed by atoms with Crippen LogP contribution in [0, 0.1) is 0 Å². The summed E-state index contributed by atoms with van der Waals surface area (Å²) in [5.74, 6) is 0.183. The fourth-order valence-corrected chi connectivity index (χ4v) is 3.93. The SMILES string of the molecule is O=C(CCCCc1nc2ccccc2s1)N1CCCC(O)C1. The molecule has 0 aliphatic carbocycles. The third-order valence-electron chi connectivity index (χ3n) is 4.12. The van der Waals surface area contributed by atoms with E-state index in [0.717, 1.165) is 49.2 Å². The lowest BCUT2D eigenvalue weighted by Gasteiger charge is -2.30. The standard InChI is InChI=1S/C17H22N2O2S/c20-13-6-5-11-19(12-13)17(21)10-4-3-9-16-18-14-7-1-2-8-15(14)22-16/h1-2,7-8,13,20H,3-6,9-12H2. The lowest BCUT2D eigenvalue weighted by Crippen LogP contribution is -2.42. The van der Waals surface area contributed by atoms with Gasteiger partial charge < -0.3 is 10.0 Å². The van der Waals surface area contributed by atoms with Crippen LogP contribution in [0.1, 0.15) is 37.1 Å². The Hall–Kier alpha value is -1.46. The molecular formula is C17H22N2O2S. The van der Waals surface area contributed by atoms with Crippen LogP contribution in [0.3, 0.4) is 0 Å². The van der Waals surface area contributed by atoms with Gasteiger partial charge in [-0.25, -0.2) is 4.98 Å². The number of aliphatic hydroxyl groups excluding tert-OH is 1. The molecule has 1 unspecified atom stereocenters. The summed E-state index contributed by atoms with van der Waals surface area (Å²) >= 11 is 1.74. The molecule has 2 heterocycles. The maximum atomic E-state index is 12.1. The number of fused-ring (bicyclic) bond motifs is 1. The third-order valence-corrected chi connectivity index (χ3v) is 5.21. The maximum Gasteiger partial charge on any atom is 0.222 e. The van der Waals surface area contributed by atoms with Gasteiger partial charge in [-0.15, -0.1) is 11.3 Å². The topological polar surface area (TPSA) is 53.4 Å². The summed E-state index contributed by atoms with van der Waals surface area (Å²) in [6.07, 6.45) is 4.80. The Morgan fingerprint density at radius 3 is 3.05 bits per heavy atom. The highest BCUT2D eigenvalue weighted by molar-refractivity contribution is 7.18. The molecule has 1 N–H and O–H groups in total. The van der Waals surface area contributed by atoms with Gasteiger partial charge in [-0.3, -0.25) is 4.79 Å². The molecule has 1 aliphatic heterocycles. The number of aryl methyl sites for hydroxylation is 1. The summed E-state index contributed by atoms with van der Waals surface area (Å²) in [5.41, 5.74) is 1.07. The predicted octanol–water partition coefficient (Wildman–Crippen LogP) is 2.99. The number of benzene rings is 1. The zero-order valence-corrected chi connectivity index (χ0v) is 13.5. The first-order valence-electron chi connectivity index (χ1n) is 8.02. The van der Waals surface area contributed by atoms with Crippen molar-refractivity contribution in [2.75, 3.05) is 13.1 Å². The number of para-hydroxylation sites is 1. The summed E-state index contributed by atoms with van der Waals surface area (Å²) in [4.78, 5) is 18.5. The van der Waals surface area contributed by atoms with Crippen LogP contribution in [0.5, 0.6) is 0 Å². The number of hydrogen-bond donors (Lipinski definition) is 1. The molecule has 1 amide bonds. The minimum Gasteiger partial charge on any atom is -0.391 e. The van der Waals surface area contributed by atoms with Crippen LogP contribution >= 0.6 is 11.3 Å². The number of thiazole rings is 1. The molecule has 1 saturated heterocycles. The molecule has 2 aromatic rings. The number of rotatable bonds is 5. The highest BCUT2D eigenvalue weighted by Crippen LogP contribution is 2.23. The Bertz CT molecular complexity index is 607. The van der Waals surface area contributed by atoms with E-state index in [1.165, 1.54) is 4.70 Å². The van der Waals surface area contributed by atoms with Crippen molar-refractivity contribution >= 4 is 27.5 Å². The highest BCUT2D eigenvalue weighted by Gasteiger charge is 2.21. The number of piperidine rings is 1. The first kappa shape index (κ1) is 15.4. The number of carbonyl (C=O) groups excluding carboxylic acids is 1. The minimum absolute atomic E-state index is 0.183. The first-order valence-corrected chi connectivity index (χ1v) is 8.84. The normalized spacial score (nSPS) is 18.8. The number of β-amino-alcohol motifs (C(OH)–C–C–N with tert-alkyl or cyclic N) is 1. The van der Waals surface area contributed by atoms with Crippen LogP contribution in [0.25, 0.3) is 10.2 Å². The fraction of sp³-hybridized carbons (Fsp3) is 0.529. The average molecular weight is 318 g/mol. The van der Waals surface area contributed by atoms with Gasteiger partial charge in [0, 0.05) is 19.5 Å². The number of amides is 1. The lowest BCUT2D eigenvalue weighted by molar-refractivity contribution is -0.134. The van der Waals surface area contributed by atoms with E-state index in [9.17, 15) is 9.90 Å². The number of nitrogens with zero attached hydrogens (tertiary/aromatic N) is 2. The van der Waals surface area contributed by atoms with Crippen molar-refractivity contribution in [3.63, 3.8) is 0 Å². The molecule has 3 rings (SSSR count). The van der Waals surface area contributed by atoms with Crippen molar-refractivity contribution < 1.29 is 9.90 Å². The molecule has 1 fully saturated rings. The van der Waals surface area contributed by atoms with Crippen LogP contribution in [-0.2, 0) is 11.2 Å². The Morgan fingerprint density at radius 1 is 1.36 bits per heavy atom. The van der Waals surface area contributed by atoms with E-state index in [0.29, 0.717) is 13.0 Å². The smallest absolute Gasteiger partial charge is 0.222 e. The number of aromatic nitrogens is 1. The van der Waals surface area contributed by atoms with Crippen molar-refractivity contribution in [1.29, 1.82) is 0 Å². The second kappa shape index (κ2) is 7.20. The monoisotopic (exact) mass is 318 g/mol. The summed E-state index contributed by atoms with van der Waals surface area (Å²) < 4.78 is 1.23. The van der Waals surface area contributed by atoms with Crippen molar-refractivity contribution in [1.82, 2.24) is 9.88 Å². The van der Waals surface area contributed by atoms with E-state index in [1.54, 1.807) is 11.3 Å². The number of likely N-dealkylation sites (tertiary alicyclic amines) is 1. The van der Waals surface area contributed by atoms with Gasteiger partial charge in [0.1, 0.15) is 0 Å². The minimum atomic E-state index is -0.333. The highest BCUT2D eigenvalue weighted by atomic mass is 32.1. The summed E-state index contributed by atoms with van der Waals surface area (Å²) in [7, 11) is 0. The first-order chi connectivity index (χ1) is 10.7. The number of aliphatic hydroxyl groups is 1. The van der Waals surface area contributed by atoms with E-state index < -0.39 is 0 Å². The molecule has 22 heavy (non-hydrogen) atoms. The van der Waals surface area contributed by atoms with E-state index in [-0.39, 0.29) is 12.0 Å². The molecule has 0 bridgehead atoms. The fourth-order valence-electron chi connectivity index (χ4n) is 2.92. The van der Waals surface area contributed by atoms with E-state index in [4.69, 9.17) is 0 Å². The summed E-state index contributed by atoms with van der Waals surface area (Å²) in [6, 6.07) is 8.19. The van der Waals surface area contributed by atoms with E-state index in [1.807, 2.05) is 23.1 Å². The molecule has 1 aromatic heterocycles. The zero-order valence-electron chi connectivity index (χ0n) is 12.7. The van der Waals surface area contributed by atoms with Gasteiger partial charge >= 0.3 is 0 Å². The molecule has 0 spiro atoms. The molecule has 1 aromatic carbocycles. The van der Waals surface area contributed by atoms with Crippen molar-refractivity contribution in [2.24, 2.45) is 0 Å². The Kier molecular flexibility index (Phi) is 5.05. The second-order valence-electron chi connectivity index (χ2n) is 5.92. The molecule has 5 heteroatoms. The van der Waals surface area contributed by atoms with Gasteiger partial charge in [-0.2, -0.15) is 0 Å². The van der Waals surface area contributed by atoms with Gasteiger partial charge in [0.05, 0.1) is 21.3 Å². The van der Waals surface area contributed by atoms with Crippen LogP contribution in [0.15, 0.2) is 24.3 Å². The van der Waals surface area contributed by atoms with Crippen LogP contribution < -0.4 is 0 Å². The van der Waals surface area contributed by atoms with Crippen LogP contribution in [0.2, 0.25) is 0 Å². The second-order valence-corrected chi connectivity index (χ2v) is 7.03. The van der Waals surface area contributed by atoms with Gasteiger partial charge in [-0.05, 0) is 44.2 Å². The Labute approximate surface area is 134 Å². The molecule has 0 radical (unpaired) electrons. The number of unbranched alkanes of at least 4 members (excludes halogenated alkanes) is 1. The lowest BCUT2D eigenvalue weighted by atomic mass is 10.1. The van der Waals surface area contributed by atoms with E-state index >= 15 is 0 Å². The number of hydrogen-bond acceptors (Lipinski definition) is 4. The summed E-state index contributed by atoms with van der Waals surface area (Å²) in [6.45, 7) is 1.31. The maximum absolute atomic E-state index is 12.1. The summed E-state index contributed by atoms with van der Waals surface area (Å²) in [5, 5.41) is 10.8. The van der Waals surface area contributed by atoms with Crippen molar-refractivity contribution in [3.05, 3.63) is 29.3 Å². The van der Waals surface area contributed by atoms with Gasteiger partial charge in [0.25, 0.3) is 0 Å². The Balaban J connectivity index is 1.42. The van der Waals surface area contributed by atoms with Crippen LogP contribution in [-0.4, -0.2) is 40.1 Å². The number of carbonyl (C=O) groups is 1. The molecule has 1 aliphatic rings. The predicted molar refractivity (Wildman–Crippen MR) is 89.0 cm³/mol. The zero-order chi connectivity index (χ0) is 15.4. The van der Waals surface area contributed by atoms with Crippen LogP contribution in [0.4, 0.5) is 0 Å². The van der Waals surface area contributed by atoms with Gasteiger partial charge in [0.2, 0.25) is 5.91 Å². The quantitative estimate of drug-likeness (QED) is 0.862. The molecule has 4 nitrogen and oxygen atoms in total. The third kappa shape index (κ3) is 3.84. The molecule has 0 saturated carbocycles. The molecule has 1 atom stereocenters. The van der Waals surface area contributed by atoms with E-state index in [2.05, 4.69) is 11.1 Å². The van der Waals surface area contributed by atoms with Gasteiger partial charge in [-0.1, -0.05) is 12.1 Å². The van der Waals surface area contributed by atoms with Crippen molar-refractivity contribution in [2.45, 2.75) is 44.6 Å². The van der Waals surface area contributed by atoms with Crippen molar-refractivity contribution in [3.8, 4) is 0 Å². The van der Waals surface area contributed by atoms with Gasteiger partial charge in [0.15, 0.2) is 0 Å². The average Bonchev–Trinajstić information content (AvgIpc) is 2.94. The Morgan fingerprint density at radius 2 is 2.23 bits per heavy atom. The molecular weight excluding hydrogens is 296 g/mol.